The van der Waals surface area contributed by atoms with Crippen LogP contribution in [0.1, 0.15) is 44.2 Å². The number of carbonyl (C=O) groups is 2. The van der Waals surface area contributed by atoms with Gasteiger partial charge in [0.2, 0.25) is 5.91 Å². The van der Waals surface area contributed by atoms with E-state index in [-0.39, 0.29) is 29.8 Å². The predicted molar refractivity (Wildman–Crippen MR) is 90.1 cm³/mol. The molecule has 0 radical (unpaired) electrons. The maximum absolute atomic E-state index is 12.7. The molecule has 0 aromatic heterocycles. The Labute approximate surface area is 142 Å². The van der Waals surface area contributed by atoms with Crippen LogP contribution in [-0.2, 0) is 14.3 Å². The van der Waals surface area contributed by atoms with Gasteiger partial charge in [-0.3, -0.25) is 9.59 Å². The fraction of sp³-hybridized carbons (Fsp3) is 0.556. The van der Waals surface area contributed by atoms with Crippen LogP contribution in [0.5, 0.6) is 0 Å². The van der Waals surface area contributed by atoms with Gasteiger partial charge in [0.15, 0.2) is 0 Å². The third-order valence-electron chi connectivity index (χ3n) is 4.89. The van der Waals surface area contributed by atoms with Crippen LogP contribution >= 0.6 is 11.6 Å². The van der Waals surface area contributed by atoms with Crippen LogP contribution in [0.2, 0.25) is 5.02 Å². The third-order valence-corrected chi connectivity index (χ3v) is 5.24. The summed E-state index contributed by atoms with van der Waals surface area (Å²) in [4.78, 5) is 26.1. The van der Waals surface area contributed by atoms with Crippen molar-refractivity contribution < 1.29 is 14.3 Å². The quantitative estimate of drug-likeness (QED) is 0.784. The number of ether oxygens (including phenoxy) is 1. The van der Waals surface area contributed by atoms with Gasteiger partial charge in [0.05, 0.1) is 19.1 Å². The van der Waals surface area contributed by atoms with Gasteiger partial charge in [-0.1, -0.05) is 29.8 Å². The number of halogens is 1. The maximum atomic E-state index is 12.7. The van der Waals surface area contributed by atoms with Crippen molar-refractivity contribution in [1.82, 2.24) is 4.90 Å². The van der Waals surface area contributed by atoms with Gasteiger partial charge < -0.3 is 9.64 Å². The van der Waals surface area contributed by atoms with Crippen LogP contribution in [0.15, 0.2) is 24.3 Å². The summed E-state index contributed by atoms with van der Waals surface area (Å²) in [6.07, 6.45) is 2.91. The van der Waals surface area contributed by atoms with Gasteiger partial charge in [-0.15, -0.1) is 0 Å². The molecule has 1 saturated carbocycles. The number of nitrogens with zero attached hydrogens (tertiary/aromatic N) is 1. The zero-order valence-corrected chi connectivity index (χ0v) is 14.7. The molecular weight excluding hydrogens is 314 g/mol. The van der Waals surface area contributed by atoms with Crippen molar-refractivity contribution in [1.29, 1.82) is 0 Å². The standard InChI is InChI=1S/C18H24ClNO3/c1-12(15-6-4-5-7-16(15)19)20(2)17(21)13-8-10-14(11-9-13)18(22)23-3/h4-7,12-14H,8-11H2,1-3H3/t12-,13?,14?/m0/s1. The molecule has 0 spiro atoms. The Morgan fingerprint density at radius 3 is 2.30 bits per heavy atom. The van der Waals surface area contributed by atoms with Crippen LogP contribution in [0.4, 0.5) is 0 Å². The summed E-state index contributed by atoms with van der Waals surface area (Å²) < 4.78 is 4.79. The summed E-state index contributed by atoms with van der Waals surface area (Å²) in [5.41, 5.74) is 0.952. The summed E-state index contributed by atoms with van der Waals surface area (Å²) in [5, 5.41) is 0.675. The number of methoxy groups -OCH3 is 1. The molecule has 0 saturated heterocycles. The van der Waals surface area contributed by atoms with Crippen LogP contribution in [0.25, 0.3) is 0 Å². The second-order valence-electron chi connectivity index (χ2n) is 6.22. The van der Waals surface area contributed by atoms with Crippen molar-refractivity contribution in [3.8, 4) is 0 Å². The van der Waals surface area contributed by atoms with E-state index in [0.717, 1.165) is 31.2 Å². The van der Waals surface area contributed by atoms with Crippen molar-refractivity contribution in [3.05, 3.63) is 34.9 Å². The average molecular weight is 338 g/mol. The molecular formula is C18H24ClNO3. The normalized spacial score (nSPS) is 22.3. The Morgan fingerprint density at radius 2 is 1.74 bits per heavy atom. The van der Waals surface area contributed by atoms with E-state index in [4.69, 9.17) is 16.3 Å². The first-order valence-corrected chi connectivity index (χ1v) is 8.42. The number of benzene rings is 1. The van der Waals surface area contributed by atoms with Crippen LogP contribution in [-0.4, -0.2) is 30.9 Å². The number of hydrogen-bond acceptors (Lipinski definition) is 3. The summed E-state index contributed by atoms with van der Waals surface area (Å²) >= 11 is 6.23. The highest BCUT2D eigenvalue weighted by Gasteiger charge is 2.33. The summed E-state index contributed by atoms with van der Waals surface area (Å²) in [6.45, 7) is 1.99. The highest BCUT2D eigenvalue weighted by molar-refractivity contribution is 6.31. The first kappa shape index (κ1) is 17.8. The molecule has 1 aliphatic carbocycles. The Kier molecular flexibility index (Phi) is 6.05. The number of hydrogen-bond donors (Lipinski definition) is 0. The Balaban J connectivity index is 1.98. The van der Waals surface area contributed by atoms with Crippen molar-refractivity contribution in [2.24, 2.45) is 11.8 Å². The van der Waals surface area contributed by atoms with Gasteiger partial charge in [0.25, 0.3) is 0 Å². The molecule has 23 heavy (non-hydrogen) atoms. The van der Waals surface area contributed by atoms with Crippen molar-refractivity contribution in [3.63, 3.8) is 0 Å². The molecule has 4 nitrogen and oxygen atoms in total. The van der Waals surface area contributed by atoms with Gasteiger partial charge in [-0.2, -0.15) is 0 Å². The minimum absolute atomic E-state index is 0.0224. The van der Waals surface area contributed by atoms with Crippen LogP contribution in [0, 0.1) is 11.8 Å². The zero-order valence-electron chi connectivity index (χ0n) is 13.9. The van der Waals surface area contributed by atoms with Crippen molar-refractivity contribution >= 4 is 23.5 Å². The lowest BCUT2D eigenvalue weighted by Crippen LogP contribution is -2.37. The summed E-state index contributed by atoms with van der Waals surface area (Å²) in [6, 6.07) is 7.53. The topological polar surface area (TPSA) is 46.6 Å². The fourth-order valence-corrected chi connectivity index (χ4v) is 3.54. The van der Waals surface area contributed by atoms with E-state index in [0.29, 0.717) is 5.02 Å². The van der Waals surface area contributed by atoms with E-state index in [9.17, 15) is 9.59 Å². The number of amides is 1. The molecule has 1 aromatic rings. The largest absolute Gasteiger partial charge is 0.469 e. The lowest BCUT2D eigenvalue weighted by molar-refractivity contribution is -0.148. The van der Waals surface area contributed by atoms with Crippen molar-refractivity contribution in [2.45, 2.75) is 38.6 Å². The minimum Gasteiger partial charge on any atom is -0.469 e. The molecule has 0 aliphatic heterocycles. The van der Waals surface area contributed by atoms with Crippen molar-refractivity contribution in [2.75, 3.05) is 14.2 Å². The van der Waals surface area contributed by atoms with E-state index >= 15 is 0 Å². The molecule has 1 amide bonds. The molecule has 2 rings (SSSR count). The smallest absolute Gasteiger partial charge is 0.308 e. The molecule has 1 aromatic carbocycles. The second kappa shape index (κ2) is 7.82. The molecule has 0 unspecified atom stereocenters. The molecule has 0 bridgehead atoms. The first-order chi connectivity index (χ1) is 11.0. The minimum atomic E-state index is -0.159. The first-order valence-electron chi connectivity index (χ1n) is 8.04. The Bertz CT molecular complexity index is 567. The maximum Gasteiger partial charge on any atom is 0.308 e. The monoisotopic (exact) mass is 337 g/mol. The zero-order chi connectivity index (χ0) is 17.0. The predicted octanol–water partition coefficient (Wildman–Crippen LogP) is 3.84. The van der Waals surface area contributed by atoms with Gasteiger partial charge in [-0.05, 0) is 44.2 Å². The van der Waals surface area contributed by atoms with E-state index in [1.165, 1.54) is 7.11 Å². The molecule has 5 heteroatoms. The lowest BCUT2D eigenvalue weighted by atomic mass is 9.81. The molecule has 126 valence electrons. The summed E-state index contributed by atoms with van der Waals surface area (Å²) in [5.74, 6) is -0.115. The number of rotatable bonds is 4. The molecule has 1 atom stereocenters. The number of esters is 1. The fourth-order valence-electron chi connectivity index (χ4n) is 3.24. The van der Waals surface area contributed by atoms with E-state index in [1.807, 2.05) is 38.2 Å². The van der Waals surface area contributed by atoms with E-state index in [2.05, 4.69) is 0 Å². The van der Waals surface area contributed by atoms with Gasteiger partial charge in [-0.25, -0.2) is 0 Å². The van der Waals surface area contributed by atoms with E-state index in [1.54, 1.807) is 4.90 Å². The van der Waals surface area contributed by atoms with Gasteiger partial charge in [0, 0.05) is 18.0 Å². The lowest BCUT2D eigenvalue weighted by Gasteiger charge is -2.32. The van der Waals surface area contributed by atoms with E-state index < -0.39 is 0 Å². The van der Waals surface area contributed by atoms with Gasteiger partial charge in [0.1, 0.15) is 0 Å². The summed E-state index contributed by atoms with van der Waals surface area (Å²) in [7, 11) is 3.24. The highest BCUT2D eigenvalue weighted by atomic mass is 35.5. The highest BCUT2D eigenvalue weighted by Crippen LogP contribution is 2.33. The average Bonchev–Trinajstić information content (AvgIpc) is 2.59. The molecule has 1 fully saturated rings. The van der Waals surface area contributed by atoms with Crippen LogP contribution < -0.4 is 0 Å². The molecule has 0 heterocycles. The number of carbonyl (C=O) groups excluding carboxylic acids is 2. The van der Waals surface area contributed by atoms with Gasteiger partial charge >= 0.3 is 5.97 Å². The second-order valence-corrected chi connectivity index (χ2v) is 6.63. The molecule has 1 aliphatic rings. The Hall–Kier alpha value is -1.55. The SMILES string of the molecule is COC(=O)C1CCC(C(=O)N(C)[C@@H](C)c2ccccc2Cl)CC1. The Morgan fingerprint density at radius 1 is 1.17 bits per heavy atom. The van der Waals surface area contributed by atoms with Crippen LogP contribution in [0.3, 0.4) is 0 Å². The molecule has 0 N–H and O–H groups in total. The third kappa shape index (κ3) is 4.05.